The molecule has 0 amide bonds. The Hall–Kier alpha value is -0.280. The molecule has 2 rings (SSSR count). The van der Waals surface area contributed by atoms with Gasteiger partial charge in [0.1, 0.15) is 0 Å². The highest BCUT2D eigenvalue weighted by molar-refractivity contribution is 6.42. The molecule has 1 saturated heterocycles. The summed E-state index contributed by atoms with van der Waals surface area (Å²) in [7, 11) is 0. The van der Waals surface area contributed by atoms with E-state index in [1.54, 1.807) is 0 Å². The number of piperidine rings is 1. The van der Waals surface area contributed by atoms with E-state index in [1.165, 1.54) is 18.4 Å². The van der Waals surface area contributed by atoms with Crippen molar-refractivity contribution in [3.8, 4) is 0 Å². The van der Waals surface area contributed by atoms with Crippen LogP contribution in [-0.2, 0) is 5.41 Å². The first-order valence-electron chi connectivity index (χ1n) is 6.93. The van der Waals surface area contributed by atoms with E-state index in [4.69, 9.17) is 23.2 Å². The largest absolute Gasteiger partial charge is 0.316 e. The van der Waals surface area contributed by atoms with Crippen LogP contribution < -0.4 is 10.6 Å². The van der Waals surface area contributed by atoms with Gasteiger partial charge in [0.2, 0.25) is 0 Å². The molecule has 1 aliphatic heterocycles. The Balaban J connectivity index is 2.27. The highest BCUT2D eigenvalue weighted by Crippen LogP contribution is 2.34. The molecule has 1 aromatic rings. The van der Waals surface area contributed by atoms with Gasteiger partial charge in [-0.3, -0.25) is 0 Å². The minimum absolute atomic E-state index is 0.122. The summed E-state index contributed by atoms with van der Waals surface area (Å²) < 4.78 is 0. The summed E-state index contributed by atoms with van der Waals surface area (Å²) in [4.78, 5) is 0. The molecule has 0 radical (unpaired) electrons. The second kappa shape index (κ2) is 6.45. The van der Waals surface area contributed by atoms with E-state index in [0.717, 1.165) is 19.6 Å². The van der Waals surface area contributed by atoms with Gasteiger partial charge in [0, 0.05) is 24.5 Å². The second-order valence-corrected chi connectivity index (χ2v) is 6.54. The predicted molar refractivity (Wildman–Crippen MR) is 83.4 cm³/mol. The number of hydrogen-bond acceptors (Lipinski definition) is 2. The van der Waals surface area contributed by atoms with Crippen molar-refractivity contribution in [1.82, 2.24) is 10.6 Å². The SMILES string of the molecule is CC(C)NCC1(c2ccc(Cl)c(Cl)c2)CCCNC1. The molecule has 1 aromatic carbocycles. The molecule has 2 N–H and O–H groups in total. The fourth-order valence-corrected chi connectivity index (χ4v) is 2.99. The van der Waals surface area contributed by atoms with Crippen molar-refractivity contribution in [3.63, 3.8) is 0 Å². The van der Waals surface area contributed by atoms with E-state index in [-0.39, 0.29) is 5.41 Å². The van der Waals surface area contributed by atoms with Gasteiger partial charge in [-0.25, -0.2) is 0 Å². The highest BCUT2D eigenvalue weighted by Gasteiger charge is 2.34. The first kappa shape index (κ1) is 15.1. The number of hydrogen-bond donors (Lipinski definition) is 2. The number of nitrogens with one attached hydrogen (secondary N) is 2. The number of rotatable bonds is 4. The molecule has 0 bridgehead atoms. The van der Waals surface area contributed by atoms with Crippen molar-refractivity contribution >= 4 is 23.2 Å². The molecule has 0 aliphatic carbocycles. The molecule has 1 atom stereocenters. The molecule has 0 aromatic heterocycles. The first-order valence-corrected chi connectivity index (χ1v) is 7.69. The smallest absolute Gasteiger partial charge is 0.0595 e. The fraction of sp³-hybridized carbons (Fsp3) is 0.600. The maximum Gasteiger partial charge on any atom is 0.0595 e. The lowest BCUT2D eigenvalue weighted by atomic mass is 9.74. The third kappa shape index (κ3) is 3.63. The lowest BCUT2D eigenvalue weighted by Crippen LogP contribution is -2.50. The monoisotopic (exact) mass is 300 g/mol. The summed E-state index contributed by atoms with van der Waals surface area (Å²) in [6.07, 6.45) is 2.37. The van der Waals surface area contributed by atoms with E-state index < -0.39 is 0 Å². The molecule has 0 spiro atoms. The normalized spacial score (nSPS) is 23.8. The second-order valence-electron chi connectivity index (χ2n) is 5.73. The minimum atomic E-state index is 0.122. The maximum atomic E-state index is 6.18. The zero-order valence-corrected chi connectivity index (χ0v) is 13.1. The van der Waals surface area contributed by atoms with Crippen molar-refractivity contribution in [2.45, 2.75) is 38.1 Å². The van der Waals surface area contributed by atoms with Gasteiger partial charge in [0.25, 0.3) is 0 Å². The van der Waals surface area contributed by atoms with Crippen molar-refractivity contribution < 1.29 is 0 Å². The lowest BCUT2D eigenvalue weighted by Gasteiger charge is -2.39. The van der Waals surface area contributed by atoms with Gasteiger partial charge in [-0.05, 0) is 37.1 Å². The van der Waals surface area contributed by atoms with Gasteiger partial charge in [0.15, 0.2) is 0 Å². The van der Waals surface area contributed by atoms with E-state index in [2.05, 4.69) is 30.5 Å². The molecule has 1 fully saturated rings. The van der Waals surface area contributed by atoms with Gasteiger partial charge < -0.3 is 10.6 Å². The molecule has 106 valence electrons. The lowest BCUT2D eigenvalue weighted by molar-refractivity contribution is 0.291. The van der Waals surface area contributed by atoms with Crippen LogP contribution in [-0.4, -0.2) is 25.7 Å². The van der Waals surface area contributed by atoms with Crippen molar-refractivity contribution in [2.24, 2.45) is 0 Å². The van der Waals surface area contributed by atoms with Crippen LogP contribution in [0.5, 0.6) is 0 Å². The highest BCUT2D eigenvalue weighted by atomic mass is 35.5. The van der Waals surface area contributed by atoms with Crippen LogP contribution >= 0.6 is 23.2 Å². The van der Waals surface area contributed by atoms with Gasteiger partial charge >= 0.3 is 0 Å². The zero-order chi connectivity index (χ0) is 13.9. The molecule has 0 saturated carbocycles. The van der Waals surface area contributed by atoms with Crippen LogP contribution in [0.1, 0.15) is 32.3 Å². The van der Waals surface area contributed by atoms with Crippen molar-refractivity contribution in [2.75, 3.05) is 19.6 Å². The fourth-order valence-electron chi connectivity index (χ4n) is 2.69. The van der Waals surface area contributed by atoms with E-state index >= 15 is 0 Å². The molecule has 1 unspecified atom stereocenters. The van der Waals surface area contributed by atoms with Crippen LogP contribution in [0.25, 0.3) is 0 Å². The van der Waals surface area contributed by atoms with Crippen LogP contribution in [0.4, 0.5) is 0 Å². The quantitative estimate of drug-likeness (QED) is 0.887. The zero-order valence-electron chi connectivity index (χ0n) is 11.6. The topological polar surface area (TPSA) is 24.1 Å². The summed E-state index contributed by atoms with van der Waals surface area (Å²) in [5.41, 5.74) is 1.40. The molecule has 1 aliphatic rings. The molecule has 19 heavy (non-hydrogen) atoms. The van der Waals surface area contributed by atoms with Gasteiger partial charge in [-0.1, -0.05) is 43.1 Å². The Morgan fingerprint density at radius 1 is 1.32 bits per heavy atom. The van der Waals surface area contributed by atoms with Crippen molar-refractivity contribution in [1.29, 1.82) is 0 Å². The molecule has 2 nitrogen and oxygen atoms in total. The Bertz CT molecular complexity index is 426. The summed E-state index contributed by atoms with van der Waals surface area (Å²) >= 11 is 12.2. The Morgan fingerprint density at radius 3 is 2.68 bits per heavy atom. The van der Waals surface area contributed by atoms with Crippen LogP contribution in [0, 0.1) is 0 Å². The molecular weight excluding hydrogens is 279 g/mol. The minimum Gasteiger partial charge on any atom is -0.316 e. The standard InChI is InChI=1S/C15H22Cl2N2/c1-11(2)19-10-15(6-3-7-18-9-15)12-4-5-13(16)14(17)8-12/h4-5,8,11,18-19H,3,6-7,9-10H2,1-2H3. The first-order chi connectivity index (χ1) is 9.03. The van der Waals surface area contributed by atoms with Gasteiger partial charge in [-0.2, -0.15) is 0 Å². The van der Waals surface area contributed by atoms with Crippen molar-refractivity contribution in [3.05, 3.63) is 33.8 Å². The van der Waals surface area contributed by atoms with Gasteiger partial charge in [-0.15, -0.1) is 0 Å². The third-order valence-electron chi connectivity index (χ3n) is 3.85. The van der Waals surface area contributed by atoms with Crippen LogP contribution in [0.2, 0.25) is 10.0 Å². The Labute approximate surface area is 125 Å². The molecular formula is C15H22Cl2N2. The summed E-state index contributed by atoms with van der Waals surface area (Å²) in [6, 6.07) is 6.54. The van der Waals surface area contributed by atoms with Crippen LogP contribution in [0.15, 0.2) is 18.2 Å². The maximum absolute atomic E-state index is 6.18. The summed E-state index contributed by atoms with van der Waals surface area (Å²) in [5, 5.41) is 8.36. The summed E-state index contributed by atoms with van der Waals surface area (Å²) in [5.74, 6) is 0. The average Bonchev–Trinajstić information content (AvgIpc) is 2.40. The van der Waals surface area contributed by atoms with E-state index in [0.29, 0.717) is 16.1 Å². The van der Waals surface area contributed by atoms with Gasteiger partial charge in [0.05, 0.1) is 10.0 Å². The van der Waals surface area contributed by atoms with E-state index in [9.17, 15) is 0 Å². The Morgan fingerprint density at radius 2 is 2.11 bits per heavy atom. The average molecular weight is 301 g/mol. The third-order valence-corrected chi connectivity index (χ3v) is 4.59. The molecule has 4 heteroatoms. The summed E-state index contributed by atoms with van der Waals surface area (Å²) in [6.45, 7) is 7.42. The number of halogens is 2. The van der Waals surface area contributed by atoms with Crippen LogP contribution in [0.3, 0.4) is 0 Å². The Kier molecular flexibility index (Phi) is 5.13. The molecule has 1 heterocycles. The predicted octanol–water partition coefficient (Wildman–Crippen LogP) is 3.61. The van der Waals surface area contributed by atoms with E-state index in [1.807, 2.05) is 12.1 Å². The number of benzene rings is 1.